The van der Waals surface area contributed by atoms with Crippen molar-refractivity contribution in [2.45, 2.75) is 39.3 Å². The smallest absolute Gasteiger partial charge is 0.293 e. The van der Waals surface area contributed by atoms with Crippen LogP contribution in [0.5, 0.6) is 5.75 Å². The van der Waals surface area contributed by atoms with Crippen molar-refractivity contribution in [3.63, 3.8) is 0 Å². The Morgan fingerprint density at radius 1 is 1.12 bits per heavy atom. The Morgan fingerprint density at radius 3 is 2.50 bits per heavy atom. The number of amides is 1. The molecule has 1 saturated heterocycles. The third-order valence-electron chi connectivity index (χ3n) is 5.89. The first kappa shape index (κ1) is 21.9. The molecule has 1 aromatic heterocycles. The molecule has 0 saturated carbocycles. The normalized spacial score (nSPS) is 14.7. The van der Waals surface area contributed by atoms with Crippen molar-refractivity contribution in [3.8, 4) is 5.75 Å². The van der Waals surface area contributed by atoms with Crippen molar-refractivity contribution >= 4 is 22.8 Å². The monoisotopic (exact) mass is 434 g/mol. The quantitative estimate of drug-likeness (QED) is 0.645. The Balaban J connectivity index is 1.34. The highest BCUT2D eigenvalue weighted by atomic mass is 16.5. The molecule has 2 heterocycles. The highest BCUT2D eigenvalue weighted by Gasteiger charge is 2.27. The topological polar surface area (TPSA) is 76.5 Å². The summed E-state index contributed by atoms with van der Waals surface area (Å²) in [7, 11) is 1.78. The van der Waals surface area contributed by atoms with E-state index >= 15 is 0 Å². The average molecular weight is 435 g/mol. The molecule has 7 heteroatoms. The minimum atomic E-state index is -0.100. The zero-order valence-electron chi connectivity index (χ0n) is 18.9. The lowest BCUT2D eigenvalue weighted by molar-refractivity contribution is -0.125. The van der Waals surface area contributed by atoms with E-state index in [4.69, 9.17) is 4.74 Å². The van der Waals surface area contributed by atoms with Gasteiger partial charge in [-0.25, -0.2) is 4.98 Å². The molecule has 1 aliphatic rings. The molecule has 168 valence electrons. The minimum absolute atomic E-state index is 0.0564. The molecule has 1 fully saturated rings. The number of ether oxygens (including phenoxy) is 1. The summed E-state index contributed by atoms with van der Waals surface area (Å²) >= 11 is 0. The van der Waals surface area contributed by atoms with E-state index in [-0.39, 0.29) is 23.5 Å². The van der Waals surface area contributed by atoms with Crippen LogP contribution in [0.1, 0.15) is 32.3 Å². The van der Waals surface area contributed by atoms with Crippen LogP contribution in [0.2, 0.25) is 0 Å². The van der Waals surface area contributed by atoms with Crippen LogP contribution in [-0.2, 0) is 18.4 Å². The molecule has 0 unspecified atom stereocenters. The van der Waals surface area contributed by atoms with Crippen molar-refractivity contribution in [1.29, 1.82) is 0 Å². The van der Waals surface area contributed by atoms with Crippen LogP contribution >= 0.6 is 0 Å². The molecule has 1 amide bonds. The van der Waals surface area contributed by atoms with Crippen molar-refractivity contribution in [3.05, 3.63) is 64.4 Å². The Labute approximate surface area is 188 Å². The highest BCUT2D eigenvalue weighted by molar-refractivity contribution is 5.79. The summed E-state index contributed by atoms with van der Waals surface area (Å²) in [5, 5.41) is 3.05. The van der Waals surface area contributed by atoms with E-state index in [2.05, 4.69) is 10.3 Å². The fourth-order valence-corrected chi connectivity index (χ4v) is 4.11. The second kappa shape index (κ2) is 9.42. The maximum absolute atomic E-state index is 12.8. The summed E-state index contributed by atoms with van der Waals surface area (Å²) in [6.45, 7) is 5.76. The summed E-state index contributed by atoms with van der Waals surface area (Å²) in [6, 6.07) is 15.4. The number of carbonyl (C=O) groups excluding carboxylic acids is 1. The molecule has 0 aliphatic carbocycles. The summed E-state index contributed by atoms with van der Waals surface area (Å²) in [5.74, 6) is 1.30. The molecular weight excluding hydrogens is 404 g/mol. The van der Waals surface area contributed by atoms with Gasteiger partial charge in [-0.2, -0.15) is 0 Å². The van der Waals surface area contributed by atoms with Gasteiger partial charge in [-0.3, -0.25) is 9.59 Å². The number of hydrogen-bond acceptors (Lipinski definition) is 5. The number of nitrogens with zero attached hydrogens (tertiary/aromatic N) is 3. The second-order valence-electron chi connectivity index (χ2n) is 8.58. The molecule has 0 bridgehead atoms. The first-order valence-electron chi connectivity index (χ1n) is 11.2. The Bertz CT molecular complexity index is 1150. The molecule has 32 heavy (non-hydrogen) atoms. The molecule has 0 spiro atoms. The number of aryl methyl sites for hydroxylation is 1. The number of rotatable bonds is 6. The Morgan fingerprint density at radius 2 is 1.81 bits per heavy atom. The van der Waals surface area contributed by atoms with Crippen molar-refractivity contribution in [2.75, 3.05) is 18.0 Å². The SMILES string of the molecule is CC(C)Oc1ccc(CNC(=O)C2CCN(c3nc4ccccc4n(C)c3=O)CC2)cc1. The number of para-hydroxylation sites is 2. The van der Waals surface area contributed by atoms with Crippen molar-refractivity contribution < 1.29 is 9.53 Å². The van der Waals surface area contributed by atoms with Crippen molar-refractivity contribution in [1.82, 2.24) is 14.9 Å². The zero-order valence-corrected chi connectivity index (χ0v) is 18.9. The lowest BCUT2D eigenvalue weighted by Gasteiger charge is -2.32. The van der Waals surface area contributed by atoms with Gasteiger partial charge in [0.25, 0.3) is 5.56 Å². The van der Waals surface area contributed by atoms with Crippen LogP contribution in [0.15, 0.2) is 53.3 Å². The molecule has 1 aliphatic heterocycles. The van der Waals surface area contributed by atoms with Crippen LogP contribution < -0.4 is 20.5 Å². The fraction of sp³-hybridized carbons (Fsp3) is 0.400. The van der Waals surface area contributed by atoms with E-state index in [0.29, 0.717) is 38.3 Å². The van der Waals surface area contributed by atoms with Gasteiger partial charge in [-0.1, -0.05) is 24.3 Å². The molecule has 7 nitrogen and oxygen atoms in total. The van der Waals surface area contributed by atoms with Gasteiger partial charge in [0.1, 0.15) is 5.75 Å². The van der Waals surface area contributed by atoms with Gasteiger partial charge >= 0.3 is 0 Å². The molecule has 0 radical (unpaired) electrons. The van der Waals surface area contributed by atoms with E-state index in [9.17, 15) is 9.59 Å². The zero-order chi connectivity index (χ0) is 22.7. The van der Waals surface area contributed by atoms with Gasteiger partial charge in [0.05, 0.1) is 17.1 Å². The number of benzene rings is 2. The summed E-state index contributed by atoms with van der Waals surface area (Å²) < 4.78 is 7.30. The standard InChI is InChI=1S/C25H30N4O3/c1-17(2)32-20-10-8-18(9-11-20)16-26-24(30)19-12-14-29(15-13-19)23-25(31)28(3)22-7-5-4-6-21(22)27-23/h4-11,17,19H,12-16H2,1-3H3,(H,26,30). The van der Waals surface area contributed by atoms with Gasteiger partial charge in [-0.05, 0) is 56.5 Å². The van der Waals surface area contributed by atoms with Crippen molar-refractivity contribution in [2.24, 2.45) is 13.0 Å². The number of piperidine rings is 1. The maximum atomic E-state index is 12.8. The Kier molecular flexibility index (Phi) is 6.44. The third kappa shape index (κ3) is 4.77. The van der Waals surface area contributed by atoms with E-state index in [1.54, 1.807) is 11.6 Å². The number of anilines is 1. The van der Waals surface area contributed by atoms with Gasteiger partial charge in [-0.15, -0.1) is 0 Å². The Hall–Kier alpha value is -3.35. The highest BCUT2D eigenvalue weighted by Crippen LogP contribution is 2.22. The average Bonchev–Trinajstić information content (AvgIpc) is 2.80. The van der Waals surface area contributed by atoms with E-state index < -0.39 is 0 Å². The lowest BCUT2D eigenvalue weighted by Crippen LogP contribution is -2.43. The number of fused-ring (bicyclic) bond motifs is 1. The number of aromatic nitrogens is 2. The summed E-state index contributed by atoms with van der Waals surface area (Å²) in [5.41, 5.74) is 2.56. The molecule has 1 N–H and O–H groups in total. The minimum Gasteiger partial charge on any atom is -0.491 e. The van der Waals surface area contributed by atoms with Crippen LogP contribution in [0.3, 0.4) is 0 Å². The molecular formula is C25H30N4O3. The fourth-order valence-electron chi connectivity index (χ4n) is 4.11. The lowest BCUT2D eigenvalue weighted by atomic mass is 9.96. The van der Waals surface area contributed by atoms with Gasteiger partial charge in [0, 0.05) is 32.6 Å². The third-order valence-corrected chi connectivity index (χ3v) is 5.89. The predicted molar refractivity (Wildman–Crippen MR) is 126 cm³/mol. The second-order valence-corrected chi connectivity index (χ2v) is 8.58. The van der Waals surface area contributed by atoms with Crippen LogP contribution in [0, 0.1) is 5.92 Å². The predicted octanol–water partition coefficient (Wildman–Crippen LogP) is 3.25. The maximum Gasteiger partial charge on any atom is 0.293 e. The molecule has 0 atom stereocenters. The number of hydrogen-bond donors (Lipinski definition) is 1. The number of nitrogens with one attached hydrogen (secondary N) is 1. The summed E-state index contributed by atoms with van der Waals surface area (Å²) in [6.07, 6.45) is 1.53. The largest absolute Gasteiger partial charge is 0.491 e. The van der Waals surface area contributed by atoms with E-state index in [1.165, 1.54) is 0 Å². The van der Waals surface area contributed by atoms with E-state index in [0.717, 1.165) is 22.3 Å². The molecule has 4 rings (SSSR count). The first-order chi connectivity index (χ1) is 15.4. The van der Waals surface area contributed by atoms with Gasteiger partial charge in [0.2, 0.25) is 5.91 Å². The van der Waals surface area contributed by atoms with Crippen LogP contribution in [0.4, 0.5) is 5.82 Å². The molecule has 3 aromatic rings. The van der Waals surface area contributed by atoms with E-state index in [1.807, 2.05) is 67.3 Å². The first-order valence-corrected chi connectivity index (χ1v) is 11.2. The van der Waals surface area contributed by atoms with Gasteiger partial charge in [0.15, 0.2) is 5.82 Å². The van der Waals surface area contributed by atoms with Crippen LogP contribution in [0.25, 0.3) is 11.0 Å². The van der Waals surface area contributed by atoms with Crippen LogP contribution in [-0.4, -0.2) is 34.7 Å². The number of carbonyl (C=O) groups is 1. The summed E-state index contributed by atoms with van der Waals surface area (Å²) in [4.78, 5) is 32.1. The van der Waals surface area contributed by atoms with Gasteiger partial charge < -0.3 is 19.5 Å². The molecule has 2 aromatic carbocycles.